The third-order valence-corrected chi connectivity index (χ3v) is 8.95. The zero-order chi connectivity index (χ0) is 29.7. The molecule has 40 heavy (non-hydrogen) atoms. The third-order valence-electron chi connectivity index (χ3n) is 8.95. The Labute approximate surface area is 254 Å². The molecule has 0 saturated carbocycles. The molecule has 0 bridgehead atoms. The SMILES string of the molecule is CCCCCCCCC(CCCCCC)CN(CC(CCCCCC)CCCCCCCC)C(=O)CCN(C)C. The van der Waals surface area contributed by atoms with Gasteiger partial charge in [0.1, 0.15) is 0 Å². The second kappa shape index (κ2) is 29.9. The lowest BCUT2D eigenvalue weighted by molar-refractivity contribution is -0.133. The lowest BCUT2D eigenvalue weighted by Crippen LogP contribution is -2.40. The molecule has 0 aromatic carbocycles. The number of hydrogen-bond donors (Lipinski definition) is 0. The van der Waals surface area contributed by atoms with Gasteiger partial charge in [-0.25, -0.2) is 0 Å². The van der Waals surface area contributed by atoms with Crippen molar-refractivity contribution >= 4 is 5.91 Å². The Hall–Kier alpha value is -0.570. The van der Waals surface area contributed by atoms with Gasteiger partial charge in [0.25, 0.3) is 0 Å². The molecule has 0 aliphatic heterocycles. The summed E-state index contributed by atoms with van der Waals surface area (Å²) in [6.07, 6.45) is 33.0. The smallest absolute Gasteiger partial charge is 0.223 e. The topological polar surface area (TPSA) is 23.6 Å². The van der Waals surface area contributed by atoms with Crippen LogP contribution in [0.5, 0.6) is 0 Å². The molecule has 0 heterocycles. The molecule has 1 amide bonds. The molecule has 0 aliphatic carbocycles. The summed E-state index contributed by atoms with van der Waals surface area (Å²) in [6, 6.07) is 0. The number of rotatable bonds is 31. The minimum Gasteiger partial charge on any atom is -0.342 e. The van der Waals surface area contributed by atoms with Gasteiger partial charge in [-0.1, -0.05) is 156 Å². The van der Waals surface area contributed by atoms with Crippen molar-refractivity contribution in [1.82, 2.24) is 9.80 Å². The fraction of sp³-hybridized carbons (Fsp3) is 0.973. The van der Waals surface area contributed by atoms with Gasteiger partial charge in [-0.2, -0.15) is 0 Å². The first kappa shape index (κ1) is 39.4. The van der Waals surface area contributed by atoms with Gasteiger partial charge in [0.2, 0.25) is 5.91 Å². The Morgan fingerprint density at radius 1 is 0.475 bits per heavy atom. The van der Waals surface area contributed by atoms with E-state index in [0.29, 0.717) is 24.2 Å². The number of carbonyl (C=O) groups excluding carboxylic acids is 1. The number of amides is 1. The third kappa shape index (κ3) is 25.2. The summed E-state index contributed by atoms with van der Waals surface area (Å²) in [6.45, 7) is 12.1. The highest BCUT2D eigenvalue weighted by molar-refractivity contribution is 5.76. The summed E-state index contributed by atoms with van der Waals surface area (Å²) >= 11 is 0. The van der Waals surface area contributed by atoms with Gasteiger partial charge in [0.05, 0.1) is 0 Å². The molecule has 0 spiro atoms. The van der Waals surface area contributed by atoms with E-state index in [9.17, 15) is 4.79 Å². The first-order valence-electron chi connectivity index (χ1n) is 18.4. The Kier molecular flexibility index (Phi) is 29.5. The molecule has 240 valence electrons. The minimum atomic E-state index is 0.414. The lowest BCUT2D eigenvalue weighted by atomic mass is 9.91. The van der Waals surface area contributed by atoms with E-state index in [4.69, 9.17) is 0 Å². The summed E-state index contributed by atoms with van der Waals surface area (Å²) in [4.78, 5) is 18.2. The molecule has 0 fully saturated rings. The van der Waals surface area contributed by atoms with Crippen LogP contribution < -0.4 is 0 Å². The summed E-state index contributed by atoms with van der Waals surface area (Å²) in [5.74, 6) is 1.78. The van der Waals surface area contributed by atoms with Crippen molar-refractivity contribution in [1.29, 1.82) is 0 Å². The highest BCUT2D eigenvalue weighted by atomic mass is 16.2. The molecule has 0 saturated heterocycles. The number of unbranched alkanes of at least 4 members (excludes halogenated alkanes) is 16. The summed E-state index contributed by atoms with van der Waals surface area (Å²) in [5, 5.41) is 0. The number of carbonyl (C=O) groups is 1. The molecule has 3 nitrogen and oxygen atoms in total. The van der Waals surface area contributed by atoms with E-state index in [0.717, 1.165) is 19.6 Å². The molecule has 0 aromatic heterocycles. The van der Waals surface area contributed by atoms with Crippen LogP contribution in [0.25, 0.3) is 0 Å². The summed E-state index contributed by atoms with van der Waals surface area (Å²) in [5.41, 5.74) is 0. The predicted molar refractivity (Wildman–Crippen MR) is 180 cm³/mol. The van der Waals surface area contributed by atoms with Crippen LogP contribution in [0.1, 0.15) is 188 Å². The van der Waals surface area contributed by atoms with Crippen LogP contribution in [-0.4, -0.2) is 49.4 Å². The minimum absolute atomic E-state index is 0.414. The largest absolute Gasteiger partial charge is 0.342 e. The molecule has 0 radical (unpaired) electrons. The van der Waals surface area contributed by atoms with Crippen LogP contribution in [-0.2, 0) is 4.79 Å². The molecule has 0 rings (SSSR count). The zero-order valence-electron chi connectivity index (χ0n) is 28.8. The van der Waals surface area contributed by atoms with E-state index in [2.05, 4.69) is 51.6 Å². The van der Waals surface area contributed by atoms with Crippen LogP contribution >= 0.6 is 0 Å². The Bertz CT molecular complexity index is 486. The van der Waals surface area contributed by atoms with Gasteiger partial charge in [0, 0.05) is 26.1 Å². The van der Waals surface area contributed by atoms with Crippen LogP contribution in [0, 0.1) is 11.8 Å². The van der Waals surface area contributed by atoms with E-state index < -0.39 is 0 Å². The average Bonchev–Trinajstić information content (AvgIpc) is 2.94. The van der Waals surface area contributed by atoms with Crippen molar-refractivity contribution in [3.63, 3.8) is 0 Å². The maximum atomic E-state index is 13.7. The zero-order valence-corrected chi connectivity index (χ0v) is 28.8. The molecular formula is C37H76N2O. The normalized spacial score (nSPS) is 13.2. The second-order valence-electron chi connectivity index (χ2n) is 13.4. The first-order valence-corrected chi connectivity index (χ1v) is 18.4. The number of hydrogen-bond acceptors (Lipinski definition) is 2. The number of nitrogens with zero attached hydrogens (tertiary/aromatic N) is 2. The Morgan fingerprint density at radius 3 is 1.10 bits per heavy atom. The van der Waals surface area contributed by atoms with E-state index in [1.165, 1.54) is 154 Å². The van der Waals surface area contributed by atoms with E-state index in [-0.39, 0.29) is 0 Å². The maximum absolute atomic E-state index is 13.7. The van der Waals surface area contributed by atoms with Crippen molar-refractivity contribution in [2.24, 2.45) is 11.8 Å². The van der Waals surface area contributed by atoms with Crippen molar-refractivity contribution in [2.45, 2.75) is 188 Å². The molecule has 0 N–H and O–H groups in total. The molecule has 0 aliphatic rings. The quantitative estimate of drug-likeness (QED) is 0.0782. The predicted octanol–water partition coefficient (Wildman–Crippen LogP) is 11.4. The van der Waals surface area contributed by atoms with E-state index in [1.807, 2.05) is 0 Å². The van der Waals surface area contributed by atoms with Crippen molar-refractivity contribution in [2.75, 3.05) is 33.7 Å². The monoisotopic (exact) mass is 565 g/mol. The fourth-order valence-corrected chi connectivity index (χ4v) is 6.18. The van der Waals surface area contributed by atoms with Gasteiger partial charge < -0.3 is 9.80 Å². The van der Waals surface area contributed by atoms with Gasteiger partial charge >= 0.3 is 0 Å². The van der Waals surface area contributed by atoms with Crippen molar-refractivity contribution < 1.29 is 4.79 Å². The van der Waals surface area contributed by atoms with Crippen LogP contribution in [0.4, 0.5) is 0 Å². The Morgan fingerprint density at radius 2 is 0.775 bits per heavy atom. The average molecular weight is 565 g/mol. The molecule has 2 atom stereocenters. The highest BCUT2D eigenvalue weighted by Gasteiger charge is 2.22. The van der Waals surface area contributed by atoms with E-state index >= 15 is 0 Å². The van der Waals surface area contributed by atoms with Crippen LogP contribution in [0.3, 0.4) is 0 Å². The van der Waals surface area contributed by atoms with Crippen LogP contribution in [0.15, 0.2) is 0 Å². The van der Waals surface area contributed by atoms with E-state index in [1.54, 1.807) is 0 Å². The lowest BCUT2D eigenvalue weighted by Gasteiger charge is -2.32. The molecule has 0 aromatic rings. The summed E-state index contributed by atoms with van der Waals surface area (Å²) < 4.78 is 0. The highest BCUT2D eigenvalue weighted by Crippen LogP contribution is 2.24. The molecule has 3 heteroatoms. The van der Waals surface area contributed by atoms with Gasteiger partial charge in [-0.05, 0) is 51.6 Å². The second-order valence-corrected chi connectivity index (χ2v) is 13.4. The van der Waals surface area contributed by atoms with Gasteiger partial charge in [0.15, 0.2) is 0 Å². The maximum Gasteiger partial charge on any atom is 0.223 e. The van der Waals surface area contributed by atoms with Crippen molar-refractivity contribution in [3.05, 3.63) is 0 Å². The van der Waals surface area contributed by atoms with Gasteiger partial charge in [-0.15, -0.1) is 0 Å². The van der Waals surface area contributed by atoms with Crippen LogP contribution in [0.2, 0.25) is 0 Å². The molecular weight excluding hydrogens is 488 g/mol. The standard InChI is InChI=1S/C37H76N2O/c1-7-11-15-19-21-25-29-35(27-23-17-13-9-3)33-39(37(40)31-32-38(5)6)34-36(28-24-18-14-10-4)30-26-22-20-16-12-8-2/h35-36H,7-34H2,1-6H3. The fourth-order valence-electron chi connectivity index (χ4n) is 6.18. The first-order chi connectivity index (χ1) is 19.5. The van der Waals surface area contributed by atoms with Crippen molar-refractivity contribution in [3.8, 4) is 0 Å². The molecule has 2 unspecified atom stereocenters. The Balaban J connectivity index is 5.34. The summed E-state index contributed by atoms with van der Waals surface area (Å²) in [7, 11) is 4.20. The van der Waals surface area contributed by atoms with Gasteiger partial charge in [-0.3, -0.25) is 4.79 Å².